The Morgan fingerprint density at radius 1 is 0.811 bits per heavy atom. The second kappa shape index (κ2) is 10.9. The van der Waals surface area contributed by atoms with Crippen LogP contribution in [0.4, 0.5) is 17.3 Å². The van der Waals surface area contributed by atoms with Crippen LogP contribution in [-0.2, 0) is 24.8 Å². The van der Waals surface area contributed by atoms with Crippen molar-refractivity contribution in [2.24, 2.45) is 0 Å². The van der Waals surface area contributed by atoms with E-state index in [1.807, 2.05) is 0 Å². The summed E-state index contributed by atoms with van der Waals surface area (Å²) >= 11 is 6.07. The highest BCUT2D eigenvalue weighted by atomic mass is 35.5. The SMILES string of the molecule is O=C(CN(c1cccc(Cl)c1)S(=O)(=O)c1ccccc1)Nc1ccc(S(=O)(=O)Nc2ncccn2)cc1. The smallest absolute Gasteiger partial charge is 0.264 e. The first-order valence-corrected chi connectivity index (χ1v) is 14.0. The number of hydrogen-bond acceptors (Lipinski definition) is 7. The predicted molar refractivity (Wildman–Crippen MR) is 140 cm³/mol. The van der Waals surface area contributed by atoms with Gasteiger partial charge in [-0.25, -0.2) is 31.5 Å². The first-order chi connectivity index (χ1) is 17.6. The zero-order valence-electron chi connectivity index (χ0n) is 19.0. The van der Waals surface area contributed by atoms with Crippen LogP contribution in [0, 0.1) is 0 Å². The van der Waals surface area contributed by atoms with Crippen LogP contribution in [0.15, 0.2) is 107 Å². The Balaban J connectivity index is 1.53. The second-order valence-corrected chi connectivity index (χ2v) is 11.5. The molecule has 0 fully saturated rings. The number of nitrogens with one attached hydrogen (secondary N) is 2. The molecular weight excluding hydrogens is 538 g/mol. The number of anilines is 3. The first-order valence-electron chi connectivity index (χ1n) is 10.7. The monoisotopic (exact) mass is 557 g/mol. The van der Waals surface area contributed by atoms with Gasteiger partial charge in [0.1, 0.15) is 6.54 Å². The Morgan fingerprint density at radius 3 is 2.14 bits per heavy atom. The van der Waals surface area contributed by atoms with Crippen molar-refractivity contribution in [2.45, 2.75) is 9.79 Å². The number of benzene rings is 3. The highest BCUT2D eigenvalue weighted by Gasteiger charge is 2.27. The van der Waals surface area contributed by atoms with E-state index < -0.39 is 32.5 Å². The van der Waals surface area contributed by atoms with Gasteiger partial charge in [0, 0.05) is 23.1 Å². The van der Waals surface area contributed by atoms with E-state index in [4.69, 9.17) is 11.6 Å². The number of amides is 1. The lowest BCUT2D eigenvalue weighted by atomic mass is 10.3. The summed E-state index contributed by atoms with van der Waals surface area (Å²) in [6, 6.07) is 20.7. The van der Waals surface area contributed by atoms with Gasteiger partial charge in [-0.15, -0.1) is 0 Å². The third-order valence-corrected chi connectivity index (χ3v) is 8.32. The van der Waals surface area contributed by atoms with Gasteiger partial charge in [0.2, 0.25) is 11.9 Å². The summed E-state index contributed by atoms with van der Waals surface area (Å²) < 4.78 is 55.0. The molecule has 2 N–H and O–H groups in total. The van der Waals surface area contributed by atoms with Gasteiger partial charge >= 0.3 is 0 Å². The fourth-order valence-corrected chi connectivity index (χ4v) is 5.82. The Bertz CT molecular complexity index is 1600. The van der Waals surface area contributed by atoms with Crippen LogP contribution in [0.3, 0.4) is 0 Å². The van der Waals surface area contributed by atoms with Gasteiger partial charge in [0.25, 0.3) is 20.0 Å². The average Bonchev–Trinajstić information content (AvgIpc) is 2.88. The maximum Gasteiger partial charge on any atom is 0.264 e. The van der Waals surface area contributed by atoms with Crippen molar-refractivity contribution in [3.05, 3.63) is 102 Å². The van der Waals surface area contributed by atoms with Crippen molar-refractivity contribution in [3.63, 3.8) is 0 Å². The molecule has 0 aliphatic heterocycles. The van der Waals surface area contributed by atoms with Gasteiger partial charge in [-0.05, 0) is 60.7 Å². The average molecular weight is 558 g/mol. The molecule has 0 bridgehead atoms. The van der Waals surface area contributed by atoms with E-state index in [0.717, 1.165) is 4.31 Å². The molecule has 0 aliphatic rings. The highest BCUT2D eigenvalue weighted by molar-refractivity contribution is 7.93. The lowest BCUT2D eigenvalue weighted by molar-refractivity contribution is -0.114. The summed E-state index contributed by atoms with van der Waals surface area (Å²) in [7, 11) is -8.06. The lowest BCUT2D eigenvalue weighted by Gasteiger charge is -2.24. The van der Waals surface area contributed by atoms with Gasteiger partial charge in [-0.3, -0.25) is 9.10 Å². The van der Waals surface area contributed by atoms with Crippen LogP contribution in [0.25, 0.3) is 0 Å². The van der Waals surface area contributed by atoms with E-state index in [0.29, 0.717) is 5.02 Å². The molecule has 1 aromatic heterocycles. The number of sulfonamides is 2. The first kappa shape index (κ1) is 26.1. The quantitative estimate of drug-likeness (QED) is 0.319. The van der Waals surface area contributed by atoms with Crippen LogP contribution in [0.1, 0.15) is 0 Å². The largest absolute Gasteiger partial charge is 0.325 e. The number of carbonyl (C=O) groups excluding carboxylic acids is 1. The van der Waals surface area contributed by atoms with E-state index in [-0.39, 0.29) is 27.1 Å². The Morgan fingerprint density at radius 2 is 1.49 bits per heavy atom. The third-order valence-electron chi connectivity index (χ3n) is 4.95. The molecule has 4 aromatic rings. The number of nitrogens with zero attached hydrogens (tertiary/aromatic N) is 3. The van der Waals surface area contributed by atoms with Crippen molar-refractivity contribution in [1.82, 2.24) is 9.97 Å². The zero-order chi connectivity index (χ0) is 26.5. The molecule has 0 radical (unpaired) electrons. The molecule has 1 heterocycles. The molecule has 0 saturated carbocycles. The number of aromatic nitrogens is 2. The topological polar surface area (TPSA) is 138 Å². The van der Waals surface area contributed by atoms with Gasteiger partial charge in [-0.1, -0.05) is 35.9 Å². The molecule has 0 spiro atoms. The van der Waals surface area contributed by atoms with Crippen molar-refractivity contribution < 1.29 is 21.6 Å². The fraction of sp³-hybridized carbons (Fsp3) is 0.0417. The number of halogens is 1. The molecule has 10 nitrogen and oxygen atoms in total. The number of rotatable bonds is 9. The zero-order valence-corrected chi connectivity index (χ0v) is 21.4. The fourth-order valence-electron chi connectivity index (χ4n) is 3.25. The van der Waals surface area contributed by atoms with Crippen LogP contribution < -0.4 is 14.3 Å². The Kier molecular flexibility index (Phi) is 7.71. The van der Waals surface area contributed by atoms with E-state index in [1.165, 1.54) is 60.9 Å². The molecular formula is C24H20ClN5O5S2. The van der Waals surface area contributed by atoms with E-state index in [2.05, 4.69) is 20.0 Å². The van der Waals surface area contributed by atoms with Crippen LogP contribution in [0.5, 0.6) is 0 Å². The van der Waals surface area contributed by atoms with Crippen molar-refractivity contribution in [1.29, 1.82) is 0 Å². The third kappa shape index (κ3) is 6.42. The molecule has 0 unspecified atom stereocenters. The Labute approximate surface area is 219 Å². The molecule has 0 aliphatic carbocycles. The molecule has 37 heavy (non-hydrogen) atoms. The van der Waals surface area contributed by atoms with E-state index >= 15 is 0 Å². The van der Waals surface area contributed by atoms with Crippen LogP contribution >= 0.6 is 11.6 Å². The summed E-state index contributed by atoms with van der Waals surface area (Å²) in [6.45, 7) is -0.551. The van der Waals surface area contributed by atoms with Crippen molar-refractivity contribution in [2.75, 3.05) is 20.9 Å². The molecule has 13 heteroatoms. The summed E-state index contributed by atoms with van der Waals surface area (Å²) in [6.07, 6.45) is 2.79. The molecule has 0 saturated heterocycles. The minimum Gasteiger partial charge on any atom is -0.325 e. The molecule has 4 rings (SSSR count). The molecule has 0 atom stereocenters. The summed E-state index contributed by atoms with van der Waals surface area (Å²) in [5.41, 5.74) is 0.477. The Hall–Kier alpha value is -4.00. The minimum atomic E-state index is -4.10. The van der Waals surface area contributed by atoms with Crippen molar-refractivity contribution in [3.8, 4) is 0 Å². The highest BCUT2D eigenvalue weighted by Crippen LogP contribution is 2.26. The van der Waals surface area contributed by atoms with Gasteiger partial charge in [0.15, 0.2) is 0 Å². The number of carbonyl (C=O) groups is 1. The van der Waals surface area contributed by atoms with E-state index in [1.54, 1.807) is 36.4 Å². The van der Waals surface area contributed by atoms with Gasteiger partial charge < -0.3 is 5.32 Å². The summed E-state index contributed by atoms with van der Waals surface area (Å²) in [4.78, 5) is 20.5. The van der Waals surface area contributed by atoms with Gasteiger partial charge in [0.05, 0.1) is 15.5 Å². The lowest BCUT2D eigenvalue weighted by Crippen LogP contribution is -2.38. The van der Waals surface area contributed by atoms with Crippen LogP contribution in [0.2, 0.25) is 5.02 Å². The van der Waals surface area contributed by atoms with E-state index in [9.17, 15) is 21.6 Å². The maximum atomic E-state index is 13.4. The predicted octanol–water partition coefficient (Wildman–Crippen LogP) is 3.76. The summed E-state index contributed by atoms with van der Waals surface area (Å²) in [5.74, 6) is -0.730. The maximum absolute atomic E-state index is 13.4. The summed E-state index contributed by atoms with van der Waals surface area (Å²) in [5, 5.41) is 2.89. The van der Waals surface area contributed by atoms with Crippen LogP contribution in [-0.4, -0.2) is 39.3 Å². The van der Waals surface area contributed by atoms with Crippen molar-refractivity contribution >= 4 is 54.9 Å². The molecule has 3 aromatic carbocycles. The molecule has 190 valence electrons. The standard InChI is InChI=1S/C24H20ClN5O5S2/c25-18-6-4-7-20(16-18)30(37(34,35)22-8-2-1-3-9-22)17-23(31)28-19-10-12-21(13-11-19)36(32,33)29-24-26-14-5-15-27-24/h1-16H,17H2,(H,28,31)(H,26,27,29). The normalized spacial score (nSPS) is 11.5. The second-order valence-electron chi connectivity index (χ2n) is 7.56. The van der Waals surface area contributed by atoms with Gasteiger partial charge in [-0.2, -0.15) is 0 Å². The number of hydrogen-bond donors (Lipinski definition) is 2. The molecule has 1 amide bonds. The minimum absolute atomic E-state index is 0.00670.